The number of imidazole rings is 1. The molecule has 0 saturated heterocycles. The molecule has 1 unspecified atom stereocenters. The first kappa shape index (κ1) is 19.7. The van der Waals surface area contributed by atoms with Gasteiger partial charge in [0.05, 0.1) is 13.6 Å². The van der Waals surface area contributed by atoms with Crippen molar-refractivity contribution >= 4 is 10.1 Å². The van der Waals surface area contributed by atoms with Crippen molar-refractivity contribution in [2.24, 2.45) is 7.05 Å². The van der Waals surface area contributed by atoms with E-state index in [2.05, 4.69) is 0 Å². The number of aryl methyl sites for hydroxylation is 2. The first-order valence-electron chi connectivity index (χ1n) is 6.37. The Hall–Kier alpha value is -1.30. The van der Waals surface area contributed by atoms with Crippen molar-refractivity contribution in [3.05, 3.63) is 18.2 Å². The maximum absolute atomic E-state index is 14.6. The fourth-order valence-corrected chi connectivity index (χ4v) is 2.64. The maximum atomic E-state index is 14.6. The molecular weight excluding hydrogens is 354 g/mol. The molecule has 23 heavy (non-hydrogen) atoms. The number of nitrogens with zero attached hydrogens (tertiary/aromatic N) is 2. The number of hydrogen-bond donors (Lipinski definition) is 1. The van der Waals surface area contributed by atoms with Gasteiger partial charge >= 0.3 is 33.0 Å². The largest absolute Gasteiger partial charge is 0.442 e. The standard InChI is InChI=1S/C11H14F6N2O3S/c1-3-4-5-19-7-6-18(2)8(19)9(12,10(13,14)15)11(16,17)23(20,21)22/h6-7H,3-5H2,1-2H3/p+1. The summed E-state index contributed by atoms with van der Waals surface area (Å²) in [6.45, 7) is 1.43. The lowest BCUT2D eigenvalue weighted by molar-refractivity contribution is -0.689. The lowest BCUT2D eigenvalue weighted by atomic mass is 10.0. The van der Waals surface area contributed by atoms with Crippen LogP contribution in [0.4, 0.5) is 26.3 Å². The highest BCUT2D eigenvalue weighted by atomic mass is 32.2. The summed E-state index contributed by atoms with van der Waals surface area (Å²) in [6, 6.07) is 0. The van der Waals surface area contributed by atoms with E-state index < -0.39 is 33.0 Å². The van der Waals surface area contributed by atoms with Gasteiger partial charge in [-0.15, -0.1) is 0 Å². The Kier molecular flexibility index (Phi) is 5.12. The first-order chi connectivity index (χ1) is 10.2. The molecule has 1 rings (SSSR count). The predicted octanol–water partition coefficient (Wildman–Crippen LogP) is 2.32. The van der Waals surface area contributed by atoms with Gasteiger partial charge < -0.3 is 0 Å². The van der Waals surface area contributed by atoms with Gasteiger partial charge in [0.25, 0.3) is 0 Å². The van der Waals surface area contributed by atoms with Gasteiger partial charge in [0, 0.05) is 0 Å². The van der Waals surface area contributed by atoms with Gasteiger partial charge in [-0.3, -0.25) is 4.55 Å². The summed E-state index contributed by atoms with van der Waals surface area (Å²) in [4.78, 5) is 0. The number of rotatable bonds is 6. The minimum Gasteiger partial charge on any atom is -0.281 e. The third kappa shape index (κ3) is 3.05. The Bertz CT molecular complexity index is 670. The van der Waals surface area contributed by atoms with Crippen LogP contribution < -0.4 is 4.57 Å². The van der Waals surface area contributed by atoms with Gasteiger partial charge in [0.1, 0.15) is 12.4 Å². The second-order valence-electron chi connectivity index (χ2n) is 4.93. The van der Waals surface area contributed by atoms with Crippen LogP contribution in [0.25, 0.3) is 0 Å². The van der Waals surface area contributed by atoms with Crippen LogP contribution in [-0.4, -0.2) is 29.0 Å². The van der Waals surface area contributed by atoms with Crippen LogP contribution in [0.2, 0.25) is 0 Å². The van der Waals surface area contributed by atoms with Gasteiger partial charge in [0.15, 0.2) is 0 Å². The van der Waals surface area contributed by atoms with Crippen molar-refractivity contribution in [2.75, 3.05) is 0 Å². The number of unbranched alkanes of at least 4 members (excludes halogenated alkanes) is 1. The third-order valence-electron chi connectivity index (χ3n) is 3.25. The molecule has 134 valence electrons. The highest BCUT2D eigenvalue weighted by Gasteiger charge is 2.82. The van der Waals surface area contributed by atoms with E-state index in [-0.39, 0.29) is 13.0 Å². The van der Waals surface area contributed by atoms with Crippen molar-refractivity contribution in [3.63, 3.8) is 0 Å². The molecule has 1 aromatic rings. The van der Waals surface area contributed by atoms with Crippen LogP contribution in [-0.2, 0) is 29.4 Å². The zero-order valence-corrected chi connectivity index (χ0v) is 12.9. The molecule has 0 radical (unpaired) electrons. The average molecular weight is 369 g/mol. The molecule has 1 aromatic heterocycles. The van der Waals surface area contributed by atoms with Gasteiger partial charge in [-0.25, -0.2) is 13.5 Å². The van der Waals surface area contributed by atoms with Crippen molar-refractivity contribution < 1.29 is 43.9 Å². The van der Waals surface area contributed by atoms with Gasteiger partial charge in [-0.1, -0.05) is 13.3 Å². The lowest BCUT2D eigenvalue weighted by Gasteiger charge is -2.30. The second kappa shape index (κ2) is 5.96. The van der Waals surface area contributed by atoms with Crippen molar-refractivity contribution in [2.45, 2.75) is 43.4 Å². The number of aromatic nitrogens is 2. The smallest absolute Gasteiger partial charge is 0.281 e. The van der Waals surface area contributed by atoms with Crippen molar-refractivity contribution in [1.29, 1.82) is 0 Å². The molecule has 0 fully saturated rings. The maximum Gasteiger partial charge on any atom is 0.442 e. The van der Waals surface area contributed by atoms with Crippen LogP contribution in [0, 0.1) is 0 Å². The van der Waals surface area contributed by atoms with E-state index in [0.29, 0.717) is 15.6 Å². The Balaban J connectivity index is 3.74. The van der Waals surface area contributed by atoms with Crippen LogP contribution in [0.1, 0.15) is 25.6 Å². The molecule has 12 heteroatoms. The van der Waals surface area contributed by atoms with E-state index >= 15 is 0 Å². The first-order valence-corrected chi connectivity index (χ1v) is 7.81. The van der Waals surface area contributed by atoms with E-state index in [0.717, 1.165) is 19.4 Å². The number of hydrogen-bond acceptors (Lipinski definition) is 2. The second-order valence-corrected chi connectivity index (χ2v) is 6.39. The molecule has 0 spiro atoms. The van der Waals surface area contributed by atoms with E-state index in [9.17, 15) is 34.8 Å². The average Bonchev–Trinajstić information content (AvgIpc) is 2.73. The van der Waals surface area contributed by atoms with Crippen molar-refractivity contribution in [1.82, 2.24) is 4.57 Å². The molecule has 1 N–H and O–H groups in total. The summed E-state index contributed by atoms with van der Waals surface area (Å²) in [6.07, 6.45) is -3.78. The fourth-order valence-electron chi connectivity index (χ4n) is 2.07. The lowest BCUT2D eigenvalue weighted by Crippen LogP contribution is -2.61. The molecule has 0 amide bonds. The van der Waals surface area contributed by atoms with Crippen LogP contribution in [0.3, 0.4) is 0 Å². The summed E-state index contributed by atoms with van der Waals surface area (Å²) in [5.41, 5.74) is -5.63. The minimum absolute atomic E-state index is 0.240. The summed E-state index contributed by atoms with van der Waals surface area (Å²) < 4.78 is 112. The normalized spacial score (nSPS) is 16.4. The van der Waals surface area contributed by atoms with Gasteiger partial charge in [-0.05, 0) is 6.42 Å². The van der Waals surface area contributed by atoms with E-state index in [1.165, 1.54) is 0 Å². The van der Waals surface area contributed by atoms with Crippen LogP contribution in [0.5, 0.6) is 0 Å². The van der Waals surface area contributed by atoms with E-state index in [1.54, 1.807) is 6.92 Å². The summed E-state index contributed by atoms with van der Waals surface area (Å²) in [5.74, 6) is -1.62. The third-order valence-corrected chi connectivity index (χ3v) is 4.18. The minimum atomic E-state index is -6.68. The Morgan fingerprint density at radius 1 is 1.22 bits per heavy atom. The molecule has 1 atom stereocenters. The van der Waals surface area contributed by atoms with Crippen molar-refractivity contribution in [3.8, 4) is 0 Å². The predicted molar refractivity (Wildman–Crippen MR) is 65.9 cm³/mol. The molecule has 0 aliphatic heterocycles. The molecule has 1 heterocycles. The monoisotopic (exact) mass is 369 g/mol. The summed E-state index contributed by atoms with van der Waals surface area (Å²) in [5, 5.41) is -6.13. The Morgan fingerprint density at radius 3 is 2.13 bits per heavy atom. The molecular formula is C11H15F6N2O3S+. The Labute approximate surface area is 128 Å². The van der Waals surface area contributed by atoms with Gasteiger partial charge in [-0.2, -0.15) is 30.4 Å². The quantitative estimate of drug-likeness (QED) is 0.476. The zero-order valence-electron chi connectivity index (χ0n) is 12.1. The molecule has 0 aromatic carbocycles. The molecule has 0 aliphatic carbocycles. The van der Waals surface area contributed by atoms with Crippen LogP contribution >= 0.6 is 0 Å². The number of alkyl halides is 6. The zero-order chi connectivity index (χ0) is 18.3. The van der Waals surface area contributed by atoms with E-state index in [1.807, 2.05) is 0 Å². The highest BCUT2D eigenvalue weighted by Crippen LogP contribution is 2.53. The molecule has 0 saturated carbocycles. The topological polar surface area (TPSA) is 63.2 Å². The summed E-state index contributed by atoms with van der Waals surface area (Å²) in [7, 11) is -5.82. The molecule has 0 aliphatic rings. The van der Waals surface area contributed by atoms with Gasteiger partial charge in [0.2, 0.25) is 0 Å². The fraction of sp³-hybridized carbons (Fsp3) is 0.727. The molecule has 5 nitrogen and oxygen atoms in total. The molecule has 0 bridgehead atoms. The summed E-state index contributed by atoms with van der Waals surface area (Å²) >= 11 is 0. The van der Waals surface area contributed by atoms with E-state index in [4.69, 9.17) is 4.55 Å². The number of halogens is 6. The SMILES string of the molecule is CCCCn1cc[n+](C)c1C(F)(C(F)(F)F)C(F)(F)S(=O)(=O)O. The van der Waals surface area contributed by atoms with Crippen LogP contribution in [0.15, 0.2) is 12.4 Å². The highest BCUT2D eigenvalue weighted by molar-refractivity contribution is 7.87. The Morgan fingerprint density at radius 2 is 1.74 bits per heavy atom.